The first-order valence-electron chi connectivity index (χ1n) is 12.5. The van der Waals surface area contributed by atoms with Crippen molar-refractivity contribution >= 4 is 17.6 Å². The van der Waals surface area contributed by atoms with Gasteiger partial charge in [0.2, 0.25) is 0 Å². The van der Waals surface area contributed by atoms with E-state index in [2.05, 4.69) is 37.4 Å². The molecule has 1 spiro atoms. The van der Waals surface area contributed by atoms with E-state index in [0.29, 0.717) is 25.2 Å². The maximum absolute atomic E-state index is 14.0. The third-order valence-electron chi connectivity index (χ3n) is 7.66. The monoisotopic (exact) mass is 473 g/mol. The third-order valence-corrected chi connectivity index (χ3v) is 7.66. The molecule has 6 heteroatoms. The molecule has 1 saturated carbocycles. The lowest BCUT2D eigenvalue weighted by molar-refractivity contribution is -0.128. The summed E-state index contributed by atoms with van der Waals surface area (Å²) >= 11 is 0. The molecule has 1 heterocycles. The second-order valence-corrected chi connectivity index (χ2v) is 10.5. The number of anilines is 1. The van der Waals surface area contributed by atoms with Crippen molar-refractivity contribution in [2.24, 2.45) is 17.8 Å². The number of fused-ring (bicyclic) bond motifs is 2. The molecular formula is C29H35N3O3. The van der Waals surface area contributed by atoms with Crippen LogP contribution in [0.5, 0.6) is 0 Å². The molecule has 0 saturated heterocycles. The molecule has 2 aliphatic rings. The van der Waals surface area contributed by atoms with Crippen LogP contribution in [0.15, 0.2) is 54.6 Å². The van der Waals surface area contributed by atoms with Crippen molar-refractivity contribution in [1.29, 1.82) is 5.26 Å². The summed E-state index contributed by atoms with van der Waals surface area (Å²) in [4.78, 5) is 28.4. The molecule has 35 heavy (non-hydrogen) atoms. The highest BCUT2D eigenvalue weighted by molar-refractivity contribution is 5.90. The average molecular weight is 474 g/mol. The Morgan fingerprint density at radius 2 is 1.83 bits per heavy atom. The maximum atomic E-state index is 14.0. The summed E-state index contributed by atoms with van der Waals surface area (Å²) in [5.74, 6) is -0.399. The summed E-state index contributed by atoms with van der Waals surface area (Å²) in [6, 6.07) is 19.5. The zero-order chi connectivity index (χ0) is 25.0. The van der Waals surface area contributed by atoms with Gasteiger partial charge in [0.1, 0.15) is 6.61 Å². The van der Waals surface area contributed by atoms with Gasteiger partial charge in [0.25, 0.3) is 0 Å². The van der Waals surface area contributed by atoms with E-state index >= 15 is 0 Å². The van der Waals surface area contributed by atoms with Gasteiger partial charge in [-0.05, 0) is 48.8 Å². The number of benzene rings is 2. The molecule has 1 amide bonds. The number of hydrogen-bond donors (Lipinski definition) is 1. The van der Waals surface area contributed by atoms with E-state index in [0.717, 1.165) is 24.2 Å². The van der Waals surface area contributed by atoms with Gasteiger partial charge in [0.05, 0.1) is 18.0 Å². The molecular weight excluding hydrogens is 438 g/mol. The summed E-state index contributed by atoms with van der Waals surface area (Å²) in [6.45, 7) is 5.11. The number of hydrogen-bond acceptors (Lipinski definition) is 5. The molecule has 6 nitrogen and oxygen atoms in total. The minimum Gasteiger partial charge on any atom is -0.445 e. The van der Waals surface area contributed by atoms with Crippen LogP contribution in [0.25, 0.3) is 0 Å². The SMILES string of the molecule is CC(C)CC[C@@H](C(=O)C1C[C@@]2(CNc3ccccc32)C[C@H]1C#N)N(C)C(=O)OCc1ccccc1. The molecule has 0 bridgehead atoms. The van der Waals surface area contributed by atoms with Crippen molar-refractivity contribution in [1.82, 2.24) is 4.90 Å². The quantitative estimate of drug-likeness (QED) is 0.544. The number of nitriles is 1. The number of Topliss-reactive ketones (excluding diaryl/α,β-unsaturated/α-hetero) is 1. The first-order valence-corrected chi connectivity index (χ1v) is 12.5. The van der Waals surface area contributed by atoms with Crippen LogP contribution in [-0.4, -0.2) is 36.4 Å². The zero-order valence-corrected chi connectivity index (χ0v) is 20.9. The molecule has 0 radical (unpaired) electrons. The molecule has 1 N–H and O–H groups in total. The summed E-state index contributed by atoms with van der Waals surface area (Å²) in [5.41, 5.74) is 2.97. The number of ketones is 1. The van der Waals surface area contributed by atoms with E-state index in [9.17, 15) is 14.9 Å². The Kier molecular flexibility index (Phi) is 7.45. The van der Waals surface area contributed by atoms with E-state index in [1.54, 1.807) is 7.05 Å². The minimum absolute atomic E-state index is 0.0161. The van der Waals surface area contributed by atoms with E-state index in [1.165, 1.54) is 10.5 Å². The van der Waals surface area contributed by atoms with Gasteiger partial charge in [-0.3, -0.25) is 4.79 Å². The normalized spacial score (nSPS) is 23.4. The number of nitrogens with one attached hydrogen (secondary N) is 1. The molecule has 2 aromatic rings. The Labute approximate surface area is 208 Å². The van der Waals surface area contributed by atoms with E-state index < -0.39 is 18.1 Å². The molecule has 184 valence electrons. The molecule has 1 aliphatic heterocycles. The lowest BCUT2D eigenvalue weighted by atomic mass is 9.79. The molecule has 4 rings (SSSR count). The van der Waals surface area contributed by atoms with Gasteiger partial charge in [-0.15, -0.1) is 0 Å². The van der Waals surface area contributed by atoms with Gasteiger partial charge >= 0.3 is 6.09 Å². The number of likely N-dealkylation sites (N-methyl/N-ethyl adjacent to an activating group) is 1. The Bertz CT molecular complexity index is 1090. The molecule has 1 aliphatic carbocycles. The van der Waals surface area contributed by atoms with Crippen molar-refractivity contribution in [2.75, 3.05) is 18.9 Å². The number of ether oxygens (including phenoxy) is 1. The smallest absolute Gasteiger partial charge is 0.410 e. The maximum Gasteiger partial charge on any atom is 0.410 e. The molecule has 1 fully saturated rings. The van der Waals surface area contributed by atoms with Crippen molar-refractivity contribution in [2.45, 2.75) is 57.6 Å². The second kappa shape index (κ2) is 10.5. The number of nitrogens with zero attached hydrogens (tertiary/aromatic N) is 2. The highest BCUT2D eigenvalue weighted by Crippen LogP contribution is 2.53. The highest BCUT2D eigenvalue weighted by atomic mass is 16.6. The Morgan fingerprint density at radius 1 is 1.11 bits per heavy atom. The Hall–Kier alpha value is -3.33. The number of amides is 1. The predicted molar refractivity (Wildman–Crippen MR) is 136 cm³/mol. The van der Waals surface area contributed by atoms with Crippen molar-refractivity contribution < 1.29 is 14.3 Å². The van der Waals surface area contributed by atoms with Gasteiger partial charge < -0.3 is 15.0 Å². The van der Waals surface area contributed by atoms with E-state index in [-0.39, 0.29) is 23.7 Å². The van der Waals surface area contributed by atoms with Crippen LogP contribution in [0.2, 0.25) is 0 Å². The van der Waals surface area contributed by atoms with Crippen molar-refractivity contribution in [3.63, 3.8) is 0 Å². The van der Waals surface area contributed by atoms with Crippen LogP contribution in [0.4, 0.5) is 10.5 Å². The lowest BCUT2D eigenvalue weighted by Crippen LogP contribution is -2.46. The van der Waals surface area contributed by atoms with Gasteiger partial charge in [0, 0.05) is 30.6 Å². The summed E-state index contributed by atoms with van der Waals surface area (Å²) in [6.07, 6.45) is 2.14. The highest BCUT2D eigenvalue weighted by Gasteiger charge is 2.53. The number of carbonyl (C=O) groups is 2. The summed E-state index contributed by atoms with van der Waals surface area (Å²) in [5, 5.41) is 13.5. The fraction of sp³-hybridized carbons (Fsp3) is 0.483. The van der Waals surface area contributed by atoms with Crippen LogP contribution in [-0.2, 0) is 21.6 Å². The van der Waals surface area contributed by atoms with E-state index in [1.807, 2.05) is 42.5 Å². The van der Waals surface area contributed by atoms with E-state index in [4.69, 9.17) is 4.74 Å². The molecule has 4 atom stereocenters. The molecule has 1 unspecified atom stereocenters. The summed E-state index contributed by atoms with van der Waals surface area (Å²) < 4.78 is 5.54. The first kappa shape index (κ1) is 24.8. The van der Waals surface area contributed by atoms with Gasteiger partial charge in [-0.2, -0.15) is 5.26 Å². The van der Waals surface area contributed by atoms with Gasteiger partial charge in [0.15, 0.2) is 5.78 Å². The zero-order valence-electron chi connectivity index (χ0n) is 20.9. The average Bonchev–Trinajstić information content (AvgIpc) is 3.44. The number of para-hydroxylation sites is 1. The number of rotatable bonds is 8. The first-order chi connectivity index (χ1) is 16.8. The van der Waals surface area contributed by atoms with Gasteiger partial charge in [-0.1, -0.05) is 62.4 Å². The molecule has 2 aromatic carbocycles. The fourth-order valence-electron chi connectivity index (χ4n) is 5.68. The second-order valence-electron chi connectivity index (χ2n) is 10.5. The van der Waals surface area contributed by atoms with Crippen LogP contribution < -0.4 is 5.32 Å². The minimum atomic E-state index is -0.610. The van der Waals surface area contributed by atoms with Crippen LogP contribution in [0.3, 0.4) is 0 Å². The fourth-order valence-corrected chi connectivity index (χ4v) is 5.68. The Balaban J connectivity index is 1.52. The van der Waals surface area contributed by atoms with Crippen LogP contribution >= 0.6 is 0 Å². The van der Waals surface area contributed by atoms with Crippen LogP contribution in [0.1, 0.15) is 50.7 Å². The number of carbonyl (C=O) groups excluding carboxylic acids is 2. The Morgan fingerprint density at radius 3 is 2.54 bits per heavy atom. The van der Waals surface area contributed by atoms with Crippen molar-refractivity contribution in [3.05, 3.63) is 65.7 Å². The lowest BCUT2D eigenvalue weighted by Gasteiger charge is -2.30. The van der Waals surface area contributed by atoms with Crippen LogP contribution in [0, 0.1) is 29.1 Å². The standard InChI is InChI=1S/C29H35N3O3/c1-20(2)13-14-26(32(3)28(34)35-18-21-9-5-4-6-10-21)27(33)23-16-29(15-22(23)17-30)19-31-25-12-8-7-11-24(25)29/h4-12,20,22-23,26,31H,13-16,18-19H2,1-3H3/t22-,23?,26-,29+/m0/s1. The molecule has 0 aromatic heterocycles. The van der Waals surface area contributed by atoms with Gasteiger partial charge in [-0.25, -0.2) is 4.79 Å². The third kappa shape index (κ3) is 5.19. The van der Waals surface area contributed by atoms with Crippen molar-refractivity contribution in [3.8, 4) is 6.07 Å². The topological polar surface area (TPSA) is 82.4 Å². The predicted octanol–water partition coefficient (Wildman–Crippen LogP) is 5.54. The largest absolute Gasteiger partial charge is 0.445 e. The summed E-state index contributed by atoms with van der Waals surface area (Å²) in [7, 11) is 1.65.